The highest BCUT2D eigenvalue weighted by Crippen LogP contribution is 2.11. The van der Waals surface area contributed by atoms with Crippen molar-refractivity contribution in [2.45, 2.75) is 38.7 Å². The van der Waals surface area contributed by atoms with Crippen LogP contribution in [0.3, 0.4) is 0 Å². The van der Waals surface area contributed by atoms with E-state index in [1.165, 1.54) is 0 Å². The molecule has 2 atom stereocenters. The van der Waals surface area contributed by atoms with Gasteiger partial charge in [-0.1, -0.05) is 13.8 Å². The van der Waals surface area contributed by atoms with E-state index in [4.69, 9.17) is 11.6 Å². The van der Waals surface area contributed by atoms with Crippen molar-refractivity contribution in [2.75, 3.05) is 0 Å². The number of aliphatic hydroxyl groups excluding tert-OH is 1. The van der Waals surface area contributed by atoms with Gasteiger partial charge in [0.05, 0.1) is 6.10 Å². The molecule has 9 heavy (non-hydrogen) atoms. The highest BCUT2D eigenvalue weighted by molar-refractivity contribution is 6.20. The predicted octanol–water partition coefficient (Wildman–Crippen LogP) is 2.02. The molecule has 0 spiro atoms. The van der Waals surface area contributed by atoms with Gasteiger partial charge < -0.3 is 5.11 Å². The Labute approximate surface area is 62.0 Å². The maximum absolute atomic E-state index is 9.21. The summed E-state index contributed by atoms with van der Waals surface area (Å²) in [5.74, 6) is 0.325. The Morgan fingerprint density at radius 2 is 1.78 bits per heavy atom. The van der Waals surface area contributed by atoms with Gasteiger partial charge in [-0.25, -0.2) is 0 Å². The molecule has 1 N–H and O–H groups in total. The molecule has 0 rings (SSSR count). The summed E-state index contributed by atoms with van der Waals surface area (Å²) < 4.78 is 0. The Kier molecular flexibility index (Phi) is 4.24. The molecular weight excluding hydrogens is 136 g/mol. The van der Waals surface area contributed by atoms with Crippen LogP contribution < -0.4 is 0 Å². The van der Waals surface area contributed by atoms with Crippen molar-refractivity contribution in [3.05, 3.63) is 0 Å². The minimum absolute atomic E-state index is 0.0856. The average Bonchev–Trinajstić information content (AvgIpc) is 1.63. The quantitative estimate of drug-likeness (QED) is 0.611. The molecule has 1 nitrogen and oxygen atoms in total. The highest BCUT2D eigenvalue weighted by atomic mass is 35.5. The monoisotopic (exact) mass is 150 g/mol. The lowest BCUT2D eigenvalue weighted by Gasteiger charge is -2.14. The lowest BCUT2D eigenvalue weighted by Crippen LogP contribution is -2.17. The molecule has 2 unspecified atom stereocenters. The molecule has 0 heterocycles. The minimum atomic E-state index is -0.238. The number of hydrogen-bond acceptors (Lipinski definition) is 1. The van der Waals surface area contributed by atoms with E-state index in [9.17, 15) is 5.11 Å². The summed E-state index contributed by atoms with van der Waals surface area (Å²) in [7, 11) is 0. The van der Waals surface area contributed by atoms with Crippen molar-refractivity contribution >= 4 is 11.6 Å². The Hall–Kier alpha value is 0.250. The van der Waals surface area contributed by atoms with Crippen molar-refractivity contribution in [3.63, 3.8) is 0 Å². The molecule has 0 aliphatic heterocycles. The van der Waals surface area contributed by atoms with Gasteiger partial charge >= 0.3 is 0 Å². The molecule has 0 bridgehead atoms. The fraction of sp³-hybridized carbons (Fsp3) is 1.00. The van der Waals surface area contributed by atoms with Crippen LogP contribution in [0.4, 0.5) is 0 Å². The first-order valence-electron chi connectivity index (χ1n) is 3.36. The van der Waals surface area contributed by atoms with Gasteiger partial charge in [0.2, 0.25) is 0 Å². The number of halogens is 1. The second-order valence-corrected chi connectivity index (χ2v) is 3.57. The van der Waals surface area contributed by atoms with E-state index in [2.05, 4.69) is 0 Å². The summed E-state index contributed by atoms with van der Waals surface area (Å²) in [6.45, 7) is 5.88. The van der Waals surface area contributed by atoms with Crippen LogP contribution in [-0.2, 0) is 0 Å². The first kappa shape index (κ1) is 9.25. The van der Waals surface area contributed by atoms with Crippen molar-refractivity contribution in [2.24, 2.45) is 5.92 Å². The molecular formula is C7H15ClO. The van der Waals surface area contributed by atoms with Gasteiger partial charge in [-0.3, -0.25) is 0 Å². The van der Waals surface area contributed by atoms with Crippen molar-refractivity contribution in [1.82, 2.24) is 0 Å². The maximum atomic E-state index is 9.21. The molecule has 0 aliphatic rings. The van der Waals surface area contributed by atoms with Crippen LogP contribution in [0.15, 0.2) is 0 Å². The van der Waals surface area contributed by atoms with Crippen molar-refractivity contribution in [1.29, 1.82) is 0 Å². The van der Waals surface area contributed by atoms with Gasteiger partial charge in [-0.15, -0.1) is 11.6 Å². The van der Waals surface area contributed by atoms with Crippen LogP contribution in [0.25, 0.3) is 0 Å². The number of rotatable bonds is 3. The second-order valence-electron chi connectivity index (χ2n) is 2.83. The van der Waals surface area contributed by atoms with Crippen LogP contribution in [0, 0.1) is 5.92 Å². The van der Waals surface area contributed by atoms with Gasteiger partial charge in [0.25, 0.3) is 0 Å². The van der Waals surface area contributed by atoms with Crippen LogP contribution in [0.2, 0.25) is 0 Å². The third-order valence-corrected chi connectivity index (χ3v) is 1.51. The average molecular weight is 151 g/mol. The zero-order valence-corrected chi connectivity index (χ0v) is 7.02. The van der Waals surface area contributed by atoms with E-state index in [0.29, 0.717) is 12.3 Å². The lowest BCUT2D eigenvalue weighted by atomic mass is 10.0. The molecule has 0 fully saturated rings. The Morgan fingerprint density at radius 1 is 1.33 bits per heavy atom. The number of aliphatic hydroxyl groups is 1. The van der Waals surface area contributed by atoms with E-state index in [-0.39, 0.29) is 11.5 Å². The maximum Gasteiger partial charge on any atom is 0.0577 e. The zero-order valence-electron chi connectivity index (χ0n) is 6.26. The van der Waals surface area contributed by atoms with E-state index in [0.717, 1.165) is 0 Å². The Bertz CT molecular complexity index is 71.3. The predicted molar refractivity (Wildman–Crippen MR) is 40.8 cm³/mol. The largest absolute Gasteiger partial charge is 0.393 e. The molecule has 0 aliphatic carbocycles. The third kappa shape index (κ3) is 4.73. The SMILES string of the molecule is CC(Cl)CC(O)C(C)C. The summed E-state index contributed by atoms with van der Waals surface area (Å²) in [5.41, 5.74) is 0. The van der Waals surface area contributed by atoms with Crippen molar-refractivity contribution < 1.29 is 5.11 Å². The second kappa shape index (κ2) is 4.13. The molecule has 0 radical (unpaired) electrons. The highest BCUT2D eigenvalue weighted by Gasteiger charge is 2.10. The van der Waals surface area contributed by atoms with Gasteiger partial charge in [0.15, 0.2) is 0 Å². The molecule has 0 aromatic carbocycles. The molecule has 0 saturated carbocycles. The Morgan fingerprint density at radius 3 is 1.89 bits per heavy atom. The molecule has 2 heteroatoms. The Balaban J connectivity index is 3.38. The molecule has 0 aromatic heterocycles. The minimum Gasteiger partial charge on any atom is -0.393 e. The standard InChI is InChI=1S/C7H15ClO/c1-5(2)7(9)4-6(3)8/h5-7,9H,4H2,1-3H3. The first-order chi connectivity index (χ1) is 4.04. The van der Waals surface area contributed by atoms with Gasteiger partial charge in [-0.05, 0) is 19.3 Å². The van der Waals surface area contributed by atoms with E-state index in [1.54, 1.807) is 0 Å². The number of hydrogen-bond donors (Lipinski definition) is 1. The van der Waals surface area contributed by atoms with Gasteiger partial charge in [0, 0.05) is 5.38 Å². The summed E-state index contributed by atoms with van der Waals surface area (Å²) in [6, 6.07) is 0. The topological polar surface area (TPSA) is 20.2 Å². The summed E-state index contributed by atoms with van der Waals surface area (Å²) in [6.07, 6.45) is 0.455. The van der Waals surface area contributed by atoms with Crippen molar-refractivity contribution in [3.8, 4) is 0 Å². The fourth-order valence-electron chi connectivity index (χ4n) is 0.605. The normalized spacial score (nSPS) is 18.0. The fourth-order valence-corrected chi connectivity index (χ4v) is 0.787. The summed E-state index contributed by atoms with van der Waals surface area (Å²) in [5, 5.41) is 9.30. The summed E-state index contributed by atoms with van der Waals surface area (Å²) in [4.78, 5) is 0. The van der Waals surface area contributed by atoms with Crippen LogP contribution in [0.5, 0.6) is 0 Å². The first-order valence-corrected chi connectivity index (χ1v) is 3.79. The van der Waals surface area contributed by atoms with Gasteiger partial charge in [0.1, 0.15) is 0 Å². The van der Waals surface area contributed by atoms with E-state index < -0.39 is 0 Å². The molecule has 0 aromatic rings. The summed E-state index contributed by atoms with van der Waals surface area (Å²) >= 11 is 5.66. The number of alkyl halides is 1. The van der Waals surface area contributed by atoms with Gasteiger partial charge in [-0.2, -0.15) is 0 Å². The third-order valence-electron chi connectivity index (χ3n) is 1.34. The van der Waals surface area contributed by atoms with E-state index >= 15 is 0 Å². The smallest absolute Gasteiger partial charge is 0.0577 e. The van der Waals surface area contributed by atoms with E-state index in [1.807, 2.05) is 20.8 Å². The molecule has 0 amide bonds. The van der Waals surface area contributed by atoms with Crippen LogP contribution in [-0.4, -0.2) is 16.6 Å². The molecule has 56 valence electrons. The zero-order chi connectivity index (χ0) is 7.44. The lowest BCUT2D eigenvalue weighted by molar-refractivity contribution is 0.116. The van der Waals surface area contributed by atoms with Crippen LogP contribution in [0.1, 0.15) is 27.2 Å². The van der Waals surface area contributed by atoms with Crippen LogP contribution >= 0.6 is 11.6 Å². The molecule has 0 saturated heterocycles.